The Morgan fingerprint density at radius 1 is 1.10 bits per heavy atom. The van der Waals surface area contributed by atoms with Crippen LogP contribution in [0.2, 0.25) is 5.02 Å². The predicted molar refractivity (Wildman–Crippen MR) is 158 cm³/mol. The van der Waals surface area contributed by atoms with Gasteiger partial charge in [0.15, 0.2) is 5.65 Å². The molecule has 0 atom stereocenters. The van der Waals surface area contributed by atoms with E-state index in [1.54, 1.807) is 18.3 Å². The zero-order valence-electron chi connectivity index (χ0n) is 22.8. The van der Waals surface area contributed by atoms with Crippen LogP contribution in [-0.2, 0) is 4.79 Å². The summed E-state index contributed by atoms with van der Waals surface area (Å²) in [7, 11) is 6.03. The average molecular weight is 566 g/mol. The second-order valence-electron chi connectivity index (χ2n) is 10.3. The highest BCUT2D eigenvalue weighted by Gasteiger charge is 2.19. The van der Waals surface area contributed by atoms with Crippen LogP contribution in [0.15, 0.2) is 42.6 Å². The number of nitrogens with zero attached hydrogens (tertiary/aromatic N) is 6. The van der Waals surface area contributed by atoms with Crippen molar-refractivity contribution >= 4 is 51.6 Å². The number of amides is 1. The Kier molecular flexibility index (Phi) is 8.43. The van der Waals surface area contributed by atoms with E-state index in [2.05, 4.69) is 47.6 Å². The number of benzene rings is 2. The lowest BCUT2D eigenvalue weighted by Crippen LogP contribution is -2.44. The number of aromatic nitrogens is 4. The van der Waals surface area contributed by atoms with E-state index in [0.29, 0.717) is 33.9 Å². The largest absolute Gasteiger partial charge is 0.368 e. The van der Waals surface area contributed by atoms with E-state index in [1.807, 2.05) is 37.2 Å². The third kappa shape index (κ3) is 6.49. The number of hydrogen-bond donors (Lipinski definition) is 3. The Hall–Kier alpha value is -3.80. The molecular formula is C28H33ClFN9O. The molecule has 12 heteroatoms. The fraction of sp³-hybridized carbons (Fsp3) is 0.357. The van der Waals surface area contributed by atoms with Crippen molar-refractivity contribution in [3.63, 3.8) is 0 Å². The molecule has 0 spiro atoms. The van der Waals surface area contributed by atoms with Crippen molar-refractivity contribution in [3.05, 3.63) is 53.4 Å². The van der Waals surface area contributed by atoms with Gasteiger partial charge in [-0.1, -0.05) is 11.6 Å². The zero-order chi connectivity index (χ0) is 28.2. The zero-order valence-corrected chi connectivity index (χ0v) is 23.6. The van der Waals surface area contributed by atoms with Gasteiger partial charge in [0.25, 0.3) is 0 Å². The van der Waals surface area contributed by atoms with Gasteiger partial charge in [0, 0.05) is 49.5 Å². The molecule has 5 rings (SSSR count). The Balaban J connectivity index is 1.41. The van der Waals surface area contributed by atoms with E-state index >= 15 is 4.39 Å². The summed E-state index contributed by atoms with van der Waals surface area (Å²) >= 11 is 6.55. The first-order valence-electron chi connectivity index (χ1n) is 13.2. The van der Waals surface area contributed by atoms with Crippen LogP contribution >= 0.6 is 11.6 Å². The summed E-state index contributed by atoms with van der Waals surface area (Å²) in [5, 5.41) is 14.3. The molecule has 0 aliphatic carbocycles. The molecule has 0 unspecified atom stereocenters. The number of carbonyl (C=O) groups excluding carboxylic acids is 1. The number of aromatic amines is 1. The molecule has 2 aromatic heterocycles. The van der Waals surface area contributed by atoms with Crippen molar-refractivity contribution in [1.29, 1.82) is 0 Å². The molecule has 1 aliphatic heterocycles. The molecular weight excluding hydrogens is 533 g/mol. The minimum Gasteiger partial charge on any atom is -0.368 e. The molecule has 2 aromatic carbocycles. The summed E-state index contributed by atoms with van der Waals surface area (Å²) in [6, 6.07) is 10.1. The van der Waals surface area contributed by atoms with Crippen LogP contribution in [0.5, 0.6) is 0 Å². The number of carbonyl (C=O) groups is 1. The molecule has 0 radical (unpaired) electrons. The standard InChI is InChI=1S/C28H33ClFN9O/c1-37(2)10-4-5-25(40)32-18-7-9-23(30)20(15-18)26-21-17-31-36-27(21)35-28(34-26)33-19-6-8-22(29)24(16-19)39-13-11-38(3)12-14-39/h6-9,15-17H,4-5,10-14H2,1-3H3,(H,32,40)(H2,31,33,34,35,36). The molecule has 10 nitrogen and oxygen atoms in total. The molecule has 4 aromatic rings. The smallest absolute Gasteiger partial charge is 0.229 e. The molecule has 3 heterocycles. The quantitative estimate of drug-likeness (QED) is 0.271. The van der Waals surface area contributed by atoms with Crippen LogP contribution in [0, 0.1) is 5.82 Å². The molecule has 40 heavy (non-hydrogen) atoms. The van der Waals surface area contributed by atoms with Crippen molar-refractivity contribution in [1.82, 2.24) is 30.0 Å². The van der Waals surface area contributed by atoms with E-state index in [-0.39, 0.29) is 17.4 Å². The van der Waals surface area contributed by atoms with Gasteiger partial charge in [0.1, 0.15) is 5.82 Å². The number of fused-ring (bicyclic) bond motifs is 1. The lowest BCUT2D eigenvalue weighted by molar-refractivity contribution is -0.116. The van der Waals surface area contributed by atoms with E-state index in [1.165, 1.54) is 6.07 Å². The molecule has 3 N–H and O–H groups in total. The van der Waals surface area contributed by atoms with Crippen molar-refractivity contribution in [2.45, 2.75) is 12.8 Å². The van der Waals surface area contributed by atoms with Gasteiger partial charge in [-0.05, 0) is 70.5 Å². The van der Waals surface area contributed by atoms with Crippen LogP contribution < -0.4 is 15.5 Å². The summed E-state index contributed by atoms with van der Waals surface area (Å²) in [5.74, 6) is -0.325. The number of anilines is 4. The number of nitrogens with one attached hydrogen (secondary N) is 3. The van der Waals surface area contributed by atoms with Crippen molar-refractivity contribution in [2.24, 2.45) is 0 Å². The second kappa shape index (κ2) is 12.2. The number of H-pyrrole nitrogens is 1. The molecule has 1 aliphatic rings. The number of rotatable bonds is 9. The molecule has 1 amide bonds. The fourth-order valence-corrected chi connectivity index (χ4v) is 4.91. The monoisotopic (exact) mass is 565 g/mol. The first-order valence-corrected chi connectivity index (χ1v) is 13.6. The lowest BCUT2D eigenvalue weighted by atomic mass is 10.1. The lowest BCUT2D eigenvalue weighted by Gasteiger charge is -2.34. The Morgan fingerprint density at radius 3 is 2.65 bits per heavy atom. The maximum atomic E-state index is 15.2. The van der Waals surface area contributed by atoms with Gasteiger partial charge >= 0.3 is 0 Å². The minimum atomic E-state index is -0.471. The third-order valence-electron chi connectivity index (χ3n) is 6.87. The van der Waals surface area contributed by atoms with Gasteiger partial charge in [-0.3, -0.25) is 9.89 Å². The van der Waals surface area contributed by atoms with Crippen molar-refractivity contribution < 1.29 is 9.18 Å². The first-order chi connectivity index (χ1) is 19.3. The SMILES string of the molecule is CN(C)CCCC(=O)Nc1ccc(F)c(-c2nc(Nc3ccc(Cl)c(N4CCN(C)CC4)c3)nc3[nH]ncc23)c1. The molecule has 0 saturated carbocycles. The Morgan fingerprint density at radius 2 is 1.88 bits per heavy atom. The van der Waals surface area contributed by atoms with E-state index in [4.69, 9.17) is 11.6 Å². The Bertz CT molecular complexity index is 1500. The second-order valence-corrected chi connectivity index (χ2v) is 10.7. The fourth-order valence-electron chi connectivity index (χ4n) is 4.67. The number of hydrogen-bond acceptors (Lipinski definition) is 8. The van der Waals surface area contributed by atoms with E-state index in [0.717, 1.165) is 50.5 Å². The van der Waals surface area contributed by atoms with E-state index in [9.17, 15) is 4.79 Å². The van der Waals surface area contributed by atoms with Crippen molar-refractivity contribution in [2.75, 3.05) is 69.4 Å². The predicted octanol–water partition coefficient (Wildman–Crippen LogP) is 4.59. The summed E-state index contributed by atoms with van der Waals surface area (Å²) in [6.45, 7) is 4.47. The minimum absolute atomic E-state index is 0.128. The van der Waals surface area contributed by atoms with Crippen LogP contribution in [0.25, 0.3) is 22.3 Å². The Labute approximate surface area is 237 Å². The first kappa shape index (κ1) is 27.8. The van der Waals surface area contributed by atoms with Gasteiger partial charge in [0.2, 0.25) is 11.9 Å². The van der Waals surface area contributed by atoms with Gasteiger partial charge in [-0.2, -0.15) is 10.1 Å². The highest BCUT2D eigenvalue weighted by molar-refractivity contribution is 6.33. The van der Waals surface area contributed by atoms with Gasteiger partial charge in [0.05, 0.1) is 28.0 Å². The number of halogens is 2. The topological polar surface area (TPSA) is 105 Å². The van der Waals surface area contributed by atoms with Crippen LogP contribution in [0.3, 0.4) is 0 Å². The average Bonchev–Trinajstić information content (AvgIpc) is 3.40. The number of likely N-dealkylation sites (N-methyl/N-ethyl adjacent to an activating group) is 1. The normalized spacial score (nSPS) is 14.2. The molecule has 210 valence electrons. The van der Waals surface area contributed by atoms with Crippen molar-refractivity contribution in [3.8, 4) is 11.3 Å². The highest BCUT2D eigenvalue weighted by Crippen LogP contribution is 2.33. The van der Waals surface area contributed by atoms with E-state index < -0.39 is 5.82 Å². The number of piperazine rings is 1. The van der Waals surface area contributed by atoms with Crippen LogP contribution in [0.1, 0.15) is 12.8 Å². The molecule has 1 fully saturated rings. The maximum Gasteiger partial charge on any atom is 0.229 e. The summed E-state index contributed by atoms with van der Waals surface area (Å²) in [4.78, 5) is 28.2. The molecule has 1 saturated heterocycles. The third-order valence-corrected chi connectivity index (χ3v) is 7.19. The van der Waals surface area contributed by atoms with Gasteiger partial charge in [-0.25, -0.2) is 9.37 Å². The summed E-state index contributed by atoms with van der Waals surface area (Å²) in [5.41, 5.74) is 3.22. The van der Waals surface area contributed by atoms with Gasteiger partial charge < -0.3 is 25.3 Å². The highest BCUT2D eigenvalue weighted by atomic mass is 35.5. The summed E-state index contributed by atoms with van der Waals surface area (Å²) in [6.07, 6.45) is 2.66. The molecule has 0 bridgehead atoms. The van der Waals surface area contributed by atoms with Gasteiger partial charge in [-0.15, -0.1) is 0 Å². The van der Waals surface area contributed by atoms with Crippen LogP contribution in [0.4, 0.5) is 27.4 Å². The van der Waals surface area contributed by atoms with Crippen LogP contribution in [-0.4, -0.2) is 89.7 Å². The summed E-state index contributed by atoms with van der Waals surface area (Å²) < 4.78 is 15.2. The maximum absolute atomic E-state index is 15.2.